The van der Waals surface area contributed by atoms with E-state index in [1.54, 1.807) is 23.6 Å². The number of nitrogens with zero attached hydrogens (tertiary/aromatic N) is 1. The molecule has 30 heavy (non-hydrogen) atoms. The minimum atomic E-state index is -0.532. The van der Waals surface area contributed by atoms with Crippen LogP contribution in [0.2, 0.25) is 0 Å². The number of aryl methyl sites for hydroxylation is 1. The lowest BCUT2D eigenvalue weighted by molar-refractivity contribution is -0.138. The Hall–Kier alpha value is -1.79. The summed E-state index contributed by atoms with van der Waals surface area (Å²) >= 11 is 5.06. The average molecular weight is 491 g/mol. The molecule has 0 spiro atoms. The van der Waals surface area contributed by atoms with E-state index >= 15 is 0 Å². The number of hydrogen-bond donors (Lipinski definition) is 1. The lowest BCUT2D eigenvalue weighted by atomic mass is 10.1. The Morgan fingerprint density at radius 2 is 1.77 bits per heavy atom. The molecule has 0 bridgehead atoms. The molecule has 0 saturated heterocycles. The summed E-state index contributed by atoms with van der Waals surface area (Å²) in [5.41, 5.74) is 3.41. The largest absolute Gasteiger partial charge is 0.354 e. The molecular formula is C24H31BrN2O2S. The Bertz CT molecular complexity index is 839. The van der Waals surface area contributed by atoms with Gasteiger partial charge in [0.05, 0.1) is 5.75 Å². The summed E-state index contributed by atoms with van der Waals surface area (Å²) in [4.78, 5) is 27.4. The van der Waals surface area contributed by atoms with Crippen molar-refractivity contribution in [2.24, 2.45) is 5.92 Å². The summed E-state index contributed by atoms with van der Waals surface area (Å²) in [5.74, 6) is 1.32. The molecule has 4 nitrogen and oxygen atoms in total. The maximum absolute atomic E-state index is 13.1. The average Bonchev–Trinajstić information content (AvgIpc) is 2.71. The zero-order valence-corrected chi connectivity index (χ0v) is 20.6. The predicted octanol–water partition coefficient (Wildman–Crippen LogP) is 5.18. The molecule has 0 saturated carbocycles. The summed E-state index contributed by atoms with van der Waals surface area (Å²) in [6.45, 7) is 8.97. The van der Waals surface area contributed by atoms with Crippen LogP contribution in [-0.2, 0) is 21.9 Å². The van der Waals surface area contributed by atoms with E-state index in [-0.39, 0.29) is 11.8 Å². The summed E-state index contributed by atoms with van der Waals surface area (Å²) in [7, 11) is 0. The van der Waals surface area contributed by atoms with Crippen molar-refractivity contribution < 1.29 is 9.59 Å². The van der Waals surface area contributed by atoms with Crippen LogP contribution in [0.5, 0.6) is 0 Å². The van der Waals surface area contributed by atoms with Gasteiger partial charge >= 0.3 is 0 Å². The van der Waals surface area contributed by atoms with Gasteiger partial charge in [-0.1, -0.05) is 71.7 Å². The first kappa shape index (κ1) is 24.5. The van der Waals surface area contributed by atoms with Gasteiger partial charge in [0.1, 0.15) is 6.04 Å². The van der Waals surface area contributed by atoms with Crippen molar-refractivity contribution in [3.63, 3.8) is 0 Å². The molecule has 6 heteroatoms. The number of amides is 2. The second kappa shape index (κ2) is 12.2. The van der Waals surface area contributed by atoms with Gasteiger partial charge in [-0.3, -0.25) is 9.59 Å². The van der Waals surface area contributed by atoms with Crippen LogP contribution in [0.4, 0.5) is 0 Å². The zero-order valence-electron chi connectivity index (χ0n) is 18.2. The van der Waals surface area contributed by atoms with Crippen molar-refractivity contribution in [2.75, 3.05) is 12.3 Å². The number of hydrogen-bond acceptors (Lipinski definition) is 3. The Labute approximate surface area is 192 Å². The van der Waals surface area contributed by atoms with E-state index in [2.05, 4.69) is 66.3 Å². The first-order valence-electron chi connectivity index (χ1n) is 10.2. The van der Waals surface area contributed by atoms with Crippen molar-refractivity contribution in [1.29, 1.82) is 0 Å². The molecule has 2 rings (SSSR count). The van der Waals surface area contributed by atoms with Crippen LogP contribution < -0.4 is 5.32 Å². The number of carbonyl (C=O) groups excluding carboxylic acids is 2. The van der Waals surface area contributed by atoms with Crippen LogP contribution in [0.1, 0.15) is 37.5 Å². The molecule has 2 amide bonds. The van der Waals surface area contributed by atoms with E-state index in [0.717, 1.165) is 15.8 Å². The number of benzene rings is 2. The number of carbonyl (C=O) groups is 2. The maximum Gasteiger partial charge on any atom is 0.242 e. The van der Waals surface area contributed by atoms with Crippen molar-refractivity contribution >= 4 is 39.5 Å². The van der Waals surface area contributed by atoms with Gasteiger partial charge in [-0.2, -0.15) is 0 Å². The molecule has 0 fully saturated rings. The van der Waals surface area contributed by atoms with Crippen LogP contribution in [0.25, 0.3) is 0 Å². The second-order valence-electron chi connectivity index (χ2n) is 7.94. The van der Waals surface area contributed by atoms with Crippen LogP contribution in [0.15, 0.2) is 53.0 Å². The lowest BCUT2D eigenvalue weighted by Gasteiger charge is -2.29. The molecule has 0 heterocycles. The molecule has 0 radical (unpaired) electrons. The van der Waals surface area contributed by atoms with Gasteiger partial charge in [-0.25, -0.2) is 0 Å². The standard InChI is InChI=1S/C24H31BrN2O2S/c1-17(2)13-26-24(29)19(4)27(14-21-6-5-7-22(25)12-21)23(28)16-30-15-20-10-8-18(3)9-11-20/h5-12,17,19H,13-16H2,1-4H3,(H,26,29). The molecule has 1 N–H and O–H groups in total. The monoisotopic (exact) mass is 490 g/mol. The normalized spacial score (nSPS) is 11.9. The van der Waals surface area contributed by atoms with Crippen LogP contribution in [-0.4, -0.2) is 35.1 Å². The smallest absolute Gasteiger partial charge is 0.242 e. The van der Waals surface area contributed by atoms with Gasteiger partial charge < -0.3 is 10.2 Å². The summed E-state index contributed by atoms with van der Waals surface area (Å²) in [6.07, 6.45) is 0. The molecular weight excluding hydrogens is 460 g/mol. The van der Waals surface area contributed by atoms with Gasteiger partial charge in [0.15, 0.2) is 0 Å². The summed E-state index contributed by atoms with van der Waals surface area (Å²) in [6, 6.07) is 15.7. The van der Waals surface area contributed by atoms with Crippen molar-refractivity contribution in [1.82, 2.24) is 10.2 Å². The van der Waals surface area contributed by atoms with Crippen LogP contribution in [0.3, 0.4) is 0 Å². The minimum absolute atomic E-state index is 0.0284. The van der Waals surface area contributed by atoms with Gasteiger partial charge in [-0.05, 0) is 43.0 Å². The lowest BCUT2D eigenvalue weighted by Crippen LogP contribution is -2.48. The molecule has 0 aliphatic heterocycles. The Balaban J connectivity index is 2.05. The van der Waals surface area contributed by atoms with E-state index in [1.165, 1.54) is 11.1 Å². The second-order valence-corrected chi connectivity index (χ2v) is 9.85. The maximum atomic E-state index is 13.1. The summed E-state index contributed by atoms with van der Waals surface area (Å²) in [5, 5.41) is 2.95. The fourth-order valence-electron chi connectivity index (χ4n) is 2.89. The highest BCUT2D eigenvalue weighted by molar-refractivity contribution is 9.10. The topological polar surface area (TPSA) is 49.4 Å². The van der Waals surface area contributed by atoms with Gasteiger partial charge in [0.2, 0.25) is 11.8 Å². The molecule has 0 aliphatic carbocycles. The van der Waals surface area contributed by atoms with E-state index in [4.69, 9.17) is 0 Å². The Kier molecular flexibility index (Phi) is 9.92. The SMILES string of the molecule is Cc1ccc(CSCC(=O)N(Cc2cccc(Br)c2)C(C)C(=O)NCC(C)C)cc1. The highest BCUT2D eigenvalue weighted by atomic mass is 79.9. The molecule has 2 aromatic rings. The number of rotatable bonds is 10. The third-order valence-electron chi connectivity index (χ3n) is 4.71. The summed E-state index contributed by atoms with van der Waals surface area (Å²) < 4.78 is 0.957. The van der Waals surface area contributed by atoms with E-state index < -0.39 is 6.04 Å². The predicted molar refractivity (Wildman–Crippen MR) is 129 cm³/mol. The van der Waals surface area contributed by atoms with Gasteiger partial charge in [-0.15, -0.1) is 11.8 Å². The number of halogens is 1. The van der Waals surface area contributed by atoms with Crippen LogP contribution >= 0.6 is 27.7 Å². The third kappa shape index (κ3) is 8.15. The van der Waals surface area contributed by atoms with Gasteiger partial charge in [0, 0.05) is 23.3 Å². The van der Waals surface area contributed by atoms with Crippen molar-refractivity contribution in [3.8, 4) is 0 Å². The minimum Gasteiger partial charge on any atom is -0.354 e. The zero-order chi connectivity index (χ0) is 22.1. The quantitative estimate of drug-likeness (QED) is 0.498. The molecule has 1 unspecified atom stereocenters. The van der Waals surface area contributed by atoms with E-state index in [1.807, 2.05) is 24.3 Å². The fourth-order valence-corrected chi connectivity index (χ4v) is 4.21. The van der Waals surface area contributed by atoms with E-state index in [9.17, 15) is 9.59 Å². The Morgan fingerprint density at radius 3 is 2.40 bits per heavy atom. The Morgan fingerprint density at radius 1 is 1.07 bits per heavy atom. The van der Waals surface area contributed by atoms with Gasteiger partial charge in [0.25, 0.3) is 0 Å². The number of nitrogens with one attached hydrogen (secondary N) is 1. The third-order valence-corrected chi connectivity index (χ3v) is 6.19. The fraction of sp³-hybridized carbons (Fsp3) is 0.417. The molecule has 1 atom stereocenters. The molecule has 162 valence electrons. The highest BCUT2D eigenvalue weighted by Gasteiger charge is 2.26. The van der Waals surface area contributed by atoms with E-state index in [0.29, 0.717) is 24.8 Å². The highest BCUT2D eigenvalue weighted by Crippen LogP contribution is 2.18. The first-order valence-corrected chi connectivity index (χ1v) is 12.2. The molecule has 2 aromatic carbocycles. The van der Waals surface area contributed by atoms with Crippen molar-refractivity contribution in [3.05, 3.63) is 69.7 Å². The molecule has 0 aliphatic rings. The molecule has 0 aromatic heterocycles. The number of thioether (sulfide) groups is 1. The van der Waals surface area contributed by atoms with Crippen LogP contribution in [0, 0.1) is 12.8 Å². The first-order chi connectivity index (χ1) is 14.3. The van der Waals surface area contributed by atoms with Crippen molar-refractivity contribution in [2.45, 2.75) is 46.0 Å².